The highest BCUT2D eigenvalue weighted by Crippen LogP contribution is 2.26. The Bertz CT molecular complexity index is 1150. The van der Waals surface area contributed by atoms with Gasteiger partial charge < -0.3 is 10.1 Å². The van der Waals surface area contributed by atoms with Crippen LogP contribution in [0.15, 0.2) is 48.5 Å². The average molecular weight is 420 g/mol. The van der Waals surface area contributed by atoms with Crippen molar-refractivity contribution in [2.45, 2.75) is 26.8 Å². The van der Waals surface area contributed by atoms with Gasteiger partial charge in [0.1, 0.15) is 5.82 Å². The number of nitrogens with zero attached hydrogens (tertiary/aromatic N) is 3. The molecule has 2 aromatic carbocycles. The fourth-order valence-electron chi connectivity index (χ4n) is 3.29. The van der Waals surface area contributed by atoms with Gasteiger partial charge in [-0.25, -0.2) is 13.9 Å². The van der Waals surface area contributed by atoms with Crippen molar-refractivity contribution in [1.29, 1.82) is 5.26 Å². The van der Waals surface area contributed by atoms with Crippen molar-refractivity contribution < 1.29 is 18.7 Å². The molecule has 31 heavy (non-hydrogen) atoms. The summed E-state index contributed by atoms with van der Waals surface area (Å²) in [5.74, 6) is -1.48. The molecule has 1 N–H and O–H groups in total. The van der Waals surface area contributed by atoms with Crippen molar-refractivity contribution in [3.63, 3.8) is 0 Å². The van der Waals surface area contributed by atoms with Crippen LogP contribution in [0.4, 0.5) is 4.39 Å². The monoisotopic (exact) mass is 420 g/mol. The van der Waals surface area contributed by atoms with Gasteiger partial charge in [-0.1, -0.05) is 0 Å². The number of aromatic nitrogens is 2. The molecule has 3 aromatic rings. The van der Waals surface area contributed by atoms with E-state index in [9.17, 15) is 14.0 Å². The van der Waals surface area contributed by atoms with Crippen molar-refractivity contribution in [2.24, 2.45) is 0 Å². The van der Waals surface area contributed by atoms with E-state index >= 15 is 0 Å². The highest BCUT2D eigenvalue weighted by atomic mass is 19.1. The summed E-state index contributed by atoms with van der Waals surface area (Å²) in [5, 5.41) is 16.1. The van der Waals surface area contributed by atoms with Crippen LogP contribution in [-0.4, -0.2) is 28.3 Å². The number of amides is 1. The van der Waals surface area contributed by atoms with Crippen LogP contribution in [0.25, 0.3) is 5.69 Å². The van der Waals surface area contributed by atoms with Gasteiger partial charge in [0.2, 0.25) is 0 Å². The Labute approximate surface area is 179 Å². The van der Waals surface area contributed by atoms with Crippen molar-refractivity contribution >= 4 is 11.9 Å². The second-order valence-electron chi connectivity index (χ2n) is 6.82. The third-order valence-corrected chi connectivity index (χ3v) is 4.78. The van der Waals surface area contributed by atoms with E-state index in [1.54, 1.807) is 37.6 Å². The maximum absolute atomic E-state index is 13.3. The number of halogens is 1. The zero-order valence-corrected chi connectivity index (χ0v) is 17.3. The molecule has 0 aliphatic rings. The molecule has 1 atom stereocenters. The summed E-state index contributed by atoms with van der Waals surface area (Å²) in [6.07, 6.45) is 0. The lowest BCUT2D eigenvalue weighted by molar-refractivity contribution is -0.145. The quantitative estimate of drug-likeness (QED) is 0.616. The fourth-order valence-corrected chi connectivity index (χ4v) is 3.29. The molecule has 0 aliphatic carbocycles. The first-order valence-electron chi connectivity index (χ1n) is 9.65. The van der Waals surface area contributed by atoms with Crippen LogP contribution < -0.4 is 5.32 Å². The Kier molecular flexibility index (Phi) is 6.46. The van der Waals surface area contributed by atoms with Gasteiger partial charge in [-0.15, -0.1) is 0 Å². The summed E-state index contributed by atoms with van der Waals surface area (Å²) in [7, 11) is 0. The summed E-state index contributed by atoms with van der Waals surface area (Å²) in [6, 6.07) is 12.8. The molecule has 0 radical (unpaired) electrons. The third-order valence-electron chi connectivity index (χ3n) is 4.78. The molecule has 0 fully saturated rings. The minimum absolute atomic E-state index is 0.145. The summed E-state index contributed by atoms with van der Waals surface area (Å²) in [6.45, 7) is 5.31. The zero-order chi connectivity index (χ0) is 22.5. The Morgan fingerprint density at radius 1 is 1.16 bits per heavy atom. The van der Waals surface area contributed by atoms with Gasteiger partial charge in [-0.2, -0.15) is 10.4 Å². The van der Waals surface area contributed by atoms with Gasteiger partial charge in [-0.3, -0.25) is 4.79 Å². The van der Waals surface area contributed by atoms with Gasteiger partial charge in [0, 0.05) is 16.8 Å². The zero-order valence-electron chi connectivity index (χ0n) is 17.3. The van der Waals surface area contributed by atoms with Crippen molar-refractivity contribution in [3.05, 3.63) is 82.4 Å². The Hall–Kier alpha value is -3.99. The van der Waals surface area contributed by atoms with Gasteiger partial charge in [-0.05, 0) is 69.3 Å². The molecule has 7 nitrogen and oxygen atoms in total. The molecule has 3 rings (SSSR count). The first-order valence-corrected chi connectivity index (χ1v) is 9.65. The predicted octanol–water partition coefficient (Wildman–Crippen LogP) is 3.53. The van der Waals surface area contributed by atoms with E-state index in [1.807, 2.05) is 6.07 Å². The number of hydrogen-bond donors (Lipinski definition) is 1. The first-order chi connectivity index (χ1) is 14.8. The van der Waals surface area contributed by atoms with Crippen LogP contribution in [0, 0.1) is 31.0 Å². The molecule has 0 spiro atoms. The Morgan fingerprint density at radius 3 is 2.39 bits per heavy atom. The molecule has 0 bridgehead atoms. The van der Waals surface area contributed by atoms with Crippen LogP contribution in [0.1, 0.15) is 45.8 Å². The number of aryl methyl sites for hydroxylation is 1. The molecule has 1 amide bonds. The van der Waals surface area contributed by atoms with Crippen molar-refractivity contribution in [1.82, 2.24) is 15.1 Å². The fraction of sp³-hybridized carbons (Fsp3) is 0.217. The molecule has 1 heterocycles. The van der Waals surface area contributed by atoms with Gasteiger partial charge in [0.15, 0.2) is 6.04 Å². The number of benzene rings is 2. The highest BCUT2D eigenvalue weighted by molar-refractivity contribution is 5.97. The molecule has 1 aromatic heterocycles. The average Bonchev–Trinajstić information content (AvgIpc) is 3.06. The lowest BCUT2D eigenvalue weighted by atomic mass is 10.0. The summed E-state index contributed by atoms with van der Waals surface area (Å²) >= 11 is 0. The summed E-state index contributed by atoms with van der Waals surface area (Å²) in [5.41, 5.74) is 2.99. The molecular formula is C23H21FN4O3. The van der Waals surface area contributed by atoms with E-state index in [4.69, 9.17) is 10.00 Å². The maximum Gasteiger partial charge on any atom is 0.333 e. The topological polar surface area (TPSA) is 97.0 Å². The summed E-state index contributed by atoms with van der Waals surface area (Å²) in [4.78, 5) is 25.5. The van der Waals surface area contributed by atoms with Gasteiger partial charge >= 0.3 is 5.97 Å². The molecule has 0 aliphatic heterocycles. The lowest BCUT2D eigenvalue weighted by Crippen LogP contribution is -2.35. The van der Waals surface area contributed by atoms with Gasteiger partial charge in [0.05, 0.1) is 29.6 Å². The molecule has 0 saturated heterocycles. The van der Waals surface area contributed by atoms with Crippen molar-refractivity contribution in [2.75, 3.05) is 6.61 Å². The number of esters is 1. The largest absolute Gasteiger partial charge is 0.464 e. The van der Waals surface area contributed by atoms with Crippen molar-refractivity contribution in [3.8, 4) is 11.8 Å². The van der Waals surface area contributed by atoms with Crippen LogP contribution in [0.5, 0.6) is 0 Å². The van der Waals surface area contributed by atoms with Crippen LogP contribution in [0.3, 0.4) is 0 Å². The molecule has 8 heteroatoms. The molecule has 0 unspecified atom stereocenters. The minimum atomic E-state index is -1.09. The van der Waals surface area contributed by atoms with Crippen LogP contribution in [-0.2, 0) is 9.53 Å². The van der Waals surface area contributed by atoms with Crippen LogP contribution in [0.2, 0.25) is 0 Å². The SMILES string of the molecule is CCOC(=O)[C@H](NC(=O)c1ccc(C#N)cc1)c1c(C)nn(-c2ccc(F)cc2)c1C. The number of rotatable bonds is 6. The van der Waals surface area contributed by atoms with E-state index < -0.39 is 17.9 Å². The van der Waals surface area contributed by atoms with E-state index in [-0.39, 0.29) is 12.4 Å². The Balaban J connectivity index is 1.99. The first kappa shape index (κ1) is 21.7. The van der Waals surface area contributed by atoms with E-state index in [1.165, 1.54) is 36.4 Å². The molecule has 158 valence electrons. The Morgan fingerprint density at radius 2 is 1.81 bits per heavy atom. The molecular weight excluding hydrogens is 399 g/mol. The summed E-state index contributed by atoms with van der Waals surface area (Å²) < 4.78 is 20.1. The second-order valence-corrected chi connectivity index (χ2v) is 6.82. The maximum atomic E-state index is 13.3. The number of hydrogen-bond acceptors (Lipinski definition) is 5. The van der Waals surface area contributed by atoms with E-state index in [0.29, 0.717) is 33.8 Å². The van der Waals surface area contributed by atoms with E-state index in [2.05, 4.69) is 10.4 Å². The molecule has 0 saturated carbocycles. The van der Waals surface area contributed by atoms with Crippen LogP contribution >= 0.6 is 0 Å². The number of nitrogens with one attached hydrogen (secondary N) is 1. The number of ether oxygens (including phenoxy) is 1. The standard InChI is InChI=1S/C23H21FN4O3/c1-4-31-23(30)21(26-22(29)17-7-5-16(13-25)6-8-17)20-14(2)27-28(15(20)3)19-11-9-18(24)10-12-19/h5-12,21H,4H2,1-3H3,(H,26,29)/t21-/m1/s1. The van der Waals surface area contributed by atoms with E-state index in [0.717, 1.165) is 0 Å². The second kappa shape index (κ2) is 9.22. The smallest absolute Gasteiger partial charge is 0.333 e. The number of carbonyl (C=O) groups is 2. The number of carbonyl (C=O) groups excluding carboxylic acids is 2. The highest BCUT2D eigenvalue weighted by Gasteiger charge is 2.30. The lowest BCUT2D eigenvalue weighted by Gasteiger charge is -2.18. The van der Waals surface area contributed by atoms with Gasteiger partial charge in [0.25, 0.3) is 5.91 Å². The predicted molar refractivity (Wildman–Crippen MR) is 111 cm³/mol. The number of nitriles is 1. The normalized spacial score (nSPS) is 11.5. The third kappa shape index (κ3) is 4.61. The minimum Gasteiger partial charge on any atom is -0.464 e.